The molecule has 2 rings (SSSR count). The molecule has 0 N–H and O–H groups in total. The van der Waals surface area contributed by atoms with Gasteiger partial charge >= 0.3 is 0 Å². The number of aryl methyl sites for hydroxylation is 1. The molecule has 0 aliphatic carbocycles. The molecule has 106 valence electrons. The molecule has 0 spiro atoms. The van der Waals surface area contributed by atoms with Crippen LogP contribution in [0.5, 0.6) is 0 Å². The molecular weight excluding hydrogens is 328 g/mol. The minimum atomic E-state index is -3.14. The zero-order valence-electron chi connectivity index (χ0n) is 10.8. The van der Waals surface area contributed by atoms with Gasteiger partial charge in [-0.2, -0.15) is 0 Å². The van der Waals surface area contributed by atoms with Crippen molar-refractivity contribution in [2.24, 2.45) is 5.92 Å². The SMILES string of the molecule is O=S(=O)(CCc1ccccn1)N1CCC(CBr)CC1. The van der Waals surface area contributed by atoms with Gasteiger partial charge < -0.3 is 0 Å². The first-order valence-corrected chi connectivity index (χ1v) is 9.28. The Bertz CT molecular complexity index is 485. The van der Waals surface area contributed by atoms with E-state index in [1.54, 1.807) is 10.5 Å². The summed E-state index contributed by atoms with van der Waals surface area (Å²) in [5.74, 6) is 0.769. The number of piperidine rings is 1. The molecule has 19 heavy (non-hydrogen) atoms. The summed E-state index contributed by atoms with van der Waals surface area (Å²) < 4.78 is 26.1. The second-order valence-electron chi connectivity index (χ2n) is 4.88. The van der Waals surface area contributed by atoms with Crippen LogP contribution in [0, 0.1) is 5.92 Å². The van der Waals surface area contributed by atoms with Crippen LogP contribution in [-0.4, -0.2) is 41.9 Å². The fourth-order valence-electron chi connectivity index (χ4n) is 2.25. The molecule has 0 aromatic carbocycles. The Balaban J connectivity index is 1.89. The van der Waals surface area contributed by atoms with E-state index >= 15 is 0 Å². The van der Waals surface area contributed by atoms with E-state index < -0.39 is 10.0 Å². The Labute approximate surface area is 123 Å². The third kappa shape index (κ3) is 4.26. The molecule has 0 unspecified atom stereocenters. The van der Waals surface area contributed by atoms with Gasteiger partial charge in [-0.05, 0) is 30.9 Å². The number of halogens is 1. The number of nitrogens with zero attached hydrogens (tertiary/aromatic N) is 2. The highest BCUT2D eigenvalue weighted by atomic mass is 79.9. The fourth-order valence-corrected chi connectivity index (χ4v) is 4.39. The topological polar surface area (TPSA) is 50.3 Å². The molecule has 0 saturated carbocycles. The summed E-state index contributed by atoms with van der Waals surface area (Å²) in [6, 6.07) is 5.59. The molecular formula is C13H19BrN2O2S. The van der Waals surface area contributed by atoms with Crippen LogP contribution in [0.3, 0.4) is 0 Å². The standard InChI is InChI=1S/C13H19BrN2O2S/c14-11-12-4-8-16(9-5-12)19(17,18)10-6-13-3-1-2-7-15-13/h1-3,7,12H,4-6,8-11H2. The molecule has 0 bridgehead atoms. The zero-order chi connectivity index (χ0) is 13.7. The zero-order valence-corrected chi connectivity index (χ0v) is 13.2. The van der Waals surface area contributed by atoms with Crippen LogP contribution in [0.2, 0.25) is 0 Å². The van der Waals surface area contributed by atoms with Gasteiger partial charge in [-0.25, -0.2) is 12.7 Å². The van der Waals surface area contributed by atoms with Crippen molar-refractivity contribution in [2.45, 2.75) is 19.3 Å². The highest BCUT2D eigenvalue weighted by molar-refractivity contribution is 9.09. The summed E-state index contributed by atoms with van der Waals surface area (Å²) in [5, 5.41) is 0.967. The molecule has 1 saturated heterocycles. The highest BCUT2D eigenvalue weighted by Gasteiger charge is 2.27. The lowest BCUT2D eigenvalue weighted by atomic mass is 10.0. The predicted octanol–water partition coefficient (Wildman–Crippen LogP) is 2.06. The van der Waals surface area contributed by atoms with Crippen molar-refractivity contribution >= 4 is 26.0 Å². The van der Waals surface area contributed by atoms with Crippen LogP contribution in [-0.2, 0) is 16.4 Å². The maximum atomic E-state index is 12.2. The Morgan fingerprint density at radius 3 is 2.63 bits per heavy atom. The van der Waals surface area contributed by atoms with E-state index in [4.69, 9.17) is 0 Å². The first-order chi connectivity index (χ1) is 9.12. The number of hydrogen-bond donors (Lipinski definition) is 0. The van der Waals surface area contributed by atoms with Crippen LogP contribution >= 0.6 is 15.9 Å². The van der Waals surface area contributed by atoms with Crippen molar-refractivity contribution < 1.29 is 8.42 Å². The van der Waals surface area contributed by atoms with Crippen LogP contribution in [0.15, 0.2) is 24.4 Å². The van der Waals surface area contributed by atoms with Crippen molar-refractivity contribution in [1.82, 2.24) is 9.29 Å². The van der Waals surface area contributed by atoms with Crippen LogP contribution in [0.25, 0.3) is 0 Å². The number of sulfonamides is 1. The third-order valence-corrected chi connectivity index (χ3v) is 6.32. The summed E-state index contributed by atoms with van der Waals surface area (Å²) in [6.07, 6.45) is 4.09. The molecule has 6 heteroatoms. The Morgan fingerprint density at radius 1 is 1.32 bits per heavy atom. The first-order valence-electron chi connectivity index (χ1n) is 6.55. The summed E-state index contributed by atoms with van der Waals surface area (Å²) in [5.41, 5.74) is 0.835. The van der Waals surface area contributed by atoms with Gasteiger partial charge in [0.2, 0.25) is 10.0 Å². The Kier molecular flexibility index (Phi) is 5.36. The van der Waals surface area contributed by atoms with E-state index in [0.29, 0.717) is 25.4 Å². The minimum absolute atomic E-state index is 0.156. The van der Waals surface area contributed by atoms with E-state index in [2.05, 4.69) is 20.9 Å². The maximum absolute atomic E-state index is 12.2. The van der Waals surface area contributed by atoms with Crippen molar-refractivity contribution in [1.29, 1.82) is 0 Å². The molecule has 1 aliphatic heterocycles. The average Bonchev–Trinajstić information content (AvgIpc) is 2.46. The molecule has 2 heterocycles. The lowest BCUT2D eigenvalue weighted by molar-refractivity contribution is 0.292. The van der Waals surface area contributed by atoms with Crippen molar-refractivity contribution in [3.05, 3.63) is 30.1 Å². The number of hydrogen-bond acceptors (Lipinski definition) is 3. The number of aromatic nitrogens is 1. The van der Waals surface area contributed by atoms with Crippen LogP contribution in [0.4, 0.5) is 0 Å². The quantitative estimate of drug-likeness (QED) is 0.766. The number of pyridine rings is 1. The molecule has 0 amide bonds. The minimum Gasteiger partial charge on any atom is -0.261 e. The lowest BCUT2D eigenvalue weighted by Gasteiger charge is -2.30. The number of alkyl halides is 1. The lowest BCUT2D eigenvalue weighted by Crippen LogP contribution is -2.40. The van der Waals surface area contributed by atoms with Gasteiger partial charge in [0.25, 0.3) is 0 Å². The van der Waals surface area contributed by atoms with Crippen LogP contribution < -0.4 is 0 Å². The summed E-state index contributed by atoms with van der Waals surface area (Å²) in [6.45, 7) is 1.31. The monoisotopic (exact) mass is 346 g/mol. The summed E-state index contributed by atoms with van der Waals surface area (Å²) in [4.78, 5) is 4.16. The van der Waals surface area contributed by atoms with E-state index in [0.717, 1.165) is 23.9 Å². The predicted molar refractivity (Wildman–Crippen MR) is 79.8 cm³/mol. The molecule has 0 atom stereocenters. The molecule has 4 nitrogen and oxygen atoms in total. The largest absolute Gasteiger partial charge is 0.261 e. The van der Waals surface area contributed by atoms with Gasteiger partial charge in [0.05, 0.1) is 5.75 Å². The van der Waals surface area contributed by atoms with Crippen molar-refractivity contribution in [3.8, 4) is 0 Å². The molecule has 1 fully saturated rings. The van der Waals surface area contributed by atoms with E-state index in [1.807, 2.05) is 18.2 Å². The van der Waals surface area contributed by atoms with E-state index in [1.165, 1.54) is 0 Å². The van der Waals surface area contributed by atoms with Gasteiger partial charge in [-0.15, -0.1) is 0 Å². The second kappa shape index (κ2) is 6.81. The normalized spacial score (nSPS) is 18.6. The highest BCUT2D eigenvalue weighted by Crippen LogP contribution is 2.21. The van der Waals surface area contributed by atoms with E-state index in [9.17, 15) is 8.42 Å². The van der Waals surface area contributed by atoms with Gasteiger partial charge in [-0.1, -0.05) is 22.0 Å². The third-order valence-electron chi connectivity index (χ3n) is 3.53. The van der Waals surface area contributed by atoms with Gasteiger partial charge in [0.1, 0.15) is 0 Å². The maximum Gasteiger partial charge on any atom is 0.214 e. The summed E-state index contributed by atoms with van der Waals surface area (Å²) >= 11 is 3.47. The smallest absolute Gasteiger partial charge is 0.214 e. The molecule has 1 aliphatic rings. The Hall–Kier alpha value is -0.460. The van der Waals surface area contributed by atoms with Gasteiger partial charge in [0, 0.05) is 36.7 Å². The van der Waals surface area contributed by atoms with Gasteiger partial charge in [0.15, 0.2) is 0 Å². The molecule has 1 aromatic rings. The average molecular weight is 347 g/mol. The fraction of sp³-hybridized carbons (Fsp3) is 0.615. The Morgan fingerprint density at radius 2 is 2.05 bits per heavy atom. The first kappa shape index (κ1) is 14.9. The van der Waals surface area contributed by atoms with E-state index in [-0.39, 0.29) is 5.75 Å². The molecule has 0 radical (unpaired) electrons. The van der Waals surface area contributed by atoms with Crippen LogP contribution in [0.1, 0.15) is 18.5 Å². The van der Waals surface area contributed by atoms with Gasteiger partial charge in [-0.3, -0.25) is 4.98 Å². The number of rotatable bonds is 5. The molecule has 1 aromatic heterocycles. The van der Waals surface area contributed by atoms with Crippen molar-refractivity contribution in [3.63, 3.8) is 0 Å². The summed E-state index contributed by atoms with van der Waals surface area (Å²) in [7, 11) is -3.14. The second-order valence-corrected chi connectivity index (χ2v) is 7.62. The van der Waals surface area contributed by atoms with Crippen molar-refractivity contribution in [2.75, 3.05) is 24.2 Å².